The fraction of sp³-hybridized carbons (Fsp3) is 0.0833. The highest BCUT2D eigenvalue weighted by atomic mass is 19.4. The smallest absolute Gasteiger partial charge is 0.429 e. The van der Waals surface area contributed by atoms with Crippen molar-refractivity contribution in [1.29, 1.82) is 0 Å². The Morgan fingerprint density at radius 3 is 2.03 bits per heavy atom. The van der Waals surface area contributed by atoms with Crippen molar-refractivity contribution in [3.63, 3.8) is 0 Å². The lowest BCUT2D eigenvalue weighted by atomic mass is 10.0. The van der Waals surface area contributed by atoms with E-state index in [0.717, 1.165) is 24.1 Å². The van der Waals surface area contributed by atoms with Crippen LogP contribution in [0, 0.1) is 35.1 Å². The highest BCUT2D eigenvalue weighted by Gasteiger charge is 2.41. The molecule has 34 heavy (non-hydrogen) atoms. The maximum absolute atomic E-state index is 14.8. The van der Waals surface area contributed by atoms with Crippen molar-refractivity contribution in [2.24, 2.45) is 0 Å². The van der Waals surface area contributed by atoms with Gasteiger partial charge in [0.25, 0.3) is 0 Å². The summed E-state index contributed by atoms with van der Waals surface area (Å²) in [5, 5.41) is -1.04. The van der Waals surface area contributed by atoms with E-state index in [1.807, 2.05) is 0 Å². The first-order valence-corrected chi connectivity index (χ1v) is 9.33. The fourth-order valence-electron chi connectivity index (χ4n) is 3.36. The molecule has 0 spiro atoms. The van der Waals surface area contributed by atoms with Gasteiger partial charge >= 0.3 is 12.3 Å². The highest BCUT2D eigenvalue weighted by Crippen LogP contribution is 2.38. The van der Waals surface area contributed by atoms with Crippen LogP contribution in [0.15, 0.2) is 54.6 Å². The van der Waals surface area contributed by atoms with Crippen LogP contribution in [0.4, 0.5) is 39.5 Å². The van der Waals surface area contributed by atoms with E-state index in [4.69, 9.17) is 0 Å². The molecule has 4 aromatic carbocycles. The number of benzene rings is 4. The van der Waals surface area contributed by atoms with E-state index in [-0.39, 0.29) is 16.2 Å². The molecule has 0 aromatic heterocycles. The van der Waals surface area contributed by atoms with E-state index in [2.05, 4.69) is 4.74 Å². The van der Waals surface area contributed by atoms with Gasteiger partial charge < -0.3 is 4.74 Å². The molecule has 0 atom stereocenters. The van der Waals surface area contributed by atoms with Crippen molar-refractivity contribution >= 4 is 21.5 Å². The molecule has 0 radical (unpaired) electrons. The highest BCUT2D eigenvalue weighted by molar-refractivity contribution is 5.86. The number of hydrogen-bond donors (Lipinski definition) is 0. The minimum Gasteiger partial charge on any atom is -0.429 e. The molecule has 0 saturated heterocycles. The van der Waals surface area contributed by atoms with Gasteiger partial charge in [0.1, 0.15) is 34.6 Å². The Bertz CT molecular complexity index is 1490. The van der Waals surface area contributed by atoms with Gasteiger partial charge in [-0.3, -0.25) is 0 Å². The molecule has 0 aliphatic heterocycles. The van der Waals surface area contributed by atoms with Crippen LogP contribution in [0.5, 0.6) is 5.75 Å². The lowest BCUT2D eigenvalue weighted by Gasteiger charge is -2.20. The molecular formula is C24H9F9O. The van der Waals surface area contributed by atoms with Gasteiger partial charge in [-0.2, -0.15) is 22.0 Å². The lowest BCUT2D eigenvalue weighted by molar-refractivity contribution is -0.189. The number of halogens is 9. The monoisotopic (exact) mass is 484 g/mol. The summed E-state index contributed by atoms with van der Waals surface area (Å²) in [5.41, 5.74) is -2.83. The Labute approximate surface area is 185 Å². The van der Waals surface area contributed by atoms with Gasteiger partial charge in [-0.15, -0.1) is 0 Å². The number of rotatable bonds is 3. The number of ether oxygens (including phenoxy) is 1. The van der Waals surface area contributed by atoms with Gasteiger partial charge in [-0.25, -0.2) is 17.6 Å². The van der Waals surface area contributed by atoms with Crippen LogP contribution in [0.1, 0.15) is 11.1 Å². The molecular weight excluding hydrogens is 475 g/mol. The van der Waals surface area contributed by atoms with Crippen LogP contribution in [0.2, 0.25) is 0 Å². The molecule has 0 aliphatic rings. The molecule has 0 fully saturated rings. The molecule has 174 valence electrons. The molecule has 0 saturated carbocycles. The van der Waals surface area contributed by atoms with E-state index in [1.54, 1.807) is 0 Å². The van der Waals surface area contributed by atoms with Crippen LogP contribution >= 0.6 is 0 Å². The van der Waals surface area contributed by atoms with Crippen LogP contribution < -0.4 is 4.74 Å². The standard InChI is InChI=1S/C24H9F9O/c25-18-11-13-9-14(5-6-16(13)21(27)17(18)7-8-23(29,30)31)34-24(32,33)20-19(26)10-12-3-1-2-4-15(12)22(20)28/h1-6,9-11H. The zero-order chi connectivity index (χ0) is 24.8. The Hall–Kier alpha value is -3.87. The maximum atomic E-state index is 14.8. The zero-order valence-corrected chi connectivity index (χ0v) is 16.5. The first-order chi connectivity index (χ1) is 15.9. The van der Waals surface area contributed by atoms with E-state index in [1.165, 1.54) is 30.2 Å². The van der Waals surface area contributed by atoms with Gasteiger partial charge in [0.15, 0.2) is 0 Å². The quantitative estimate of drug-likeness (QED) is 0.215. The van der Waals surface area contributed by atoms with Crippen LogP contribution in [0.25, 0.3) is 21.5 Å². The lowest BCUT2D eigenvalue weighted by Crippen LogP contribution is -2.25. The Balaban J connectivity index is 1.75. The largest absolute Gasteiger partial charge is 0.458 e. The van der Waals surface area contributed by atoms with Crippen molar-refractivity contribution in [3.05, 3.63) is 89.0 Å². The maximum Gasteiger partial charge on any atom is 0.458 e. The second kappa shape index (κ2) is 8.17. The van der Waals surface area contributed by atoms with Crippen LogP contribution in [0.3, 0.4) is 0 Å². The molecule has 0 aliphatic carbocycles. The van der Waals surface area contributed by atoms with Gasteiger partial charge in [-0.05, 0) is 41.1 Å². The number of fused-ring (bicyclic) bond motifs is 2. The predicted molar refractivity (Wildman–Crippen MR) is 105 cm³/mol. The topological polar surface area (TPSA) is 9.23 Å². The minimum absolute atomic E-state index is 0.0399. The summed E-state index contributed by atoms with van der Waals surface area (Å²) in [4.78, 5) is 0. The van der Waals surface area contributed by atoms with Crippen molar-refractivity contribution < 1.29 is 44.3 Å². The Kier molecular flexibility index (Phi) is 5.59. The Morgan fingerprint density at radius 2 is 1.32 bits per heavy atom. The van der Waals surface area contributed by atoms with Crippen molar-refractivity contribution in [1.82, 2.24) is 0 Å². The first kappa shape index (κ1) is 23.3. The van der Waals surface area contributed by atoms with Crippen molar-refractivity contribution in [3.8, 4) is 17.6 Å². The molecule has 0 unspecified atom stereocenters. The summed E-state index contributed by atoms with van der Waals surface area (Å²) in [6, 6.07) is 8.97. The molecule has 10 heteroatoms. The van der Waals surface area contributed by atoms with E-state index >= 15 is 0 Å². The first-order valence-electron chi connectivity index (χ1n) is 9.33. The van der Waals surface area contributed by atoms with Gasteiger partial charge in [0.05, 0.1) is 5.56 Å². The average molecular weight is 484 g/mol. The second-order valence-electron chi connectivity index (χ2n) is 7.07. The zero-order valence-electron chi connectivity index (χ0n) is 16.5. The molecule has 0 heterocycles. The fourth-order valence-corrected chi connectivity index (χ4v) is 3.36. The average Bonchev–Trinajstić information content (AvgIpc) is 2.72. The van der Waals surface area contributed by atoms with E-state index in [9.17, 15) is 39.5 Å². The normalized spacial score (nSPS) is 12.0. The predicted octanol–water partition coefficient (Wildman–Crippen LogP) is 7.59. The molecule has 0 bridgehead atoms. The molecule has 1 nitrogen and oxygen atoms in total. The molecule has 4 aromatic rings. The number of alkyl halides is 5. The third-order valence-corrected chi connectivity index (χ3v) is 4.80. The van der Waals surface area contributed by atoms with E-state index in [0.29, 0.717) is 12.1 Å². The van der Waals surface area contributed by atoms with Crippen LogP contribution in [-0.2, 0) is 6.11 Å². The third-order valence-electron chi connectivity index (χ3n) is 4.80. The summed E-state index contributed by atoms with van der Waals surface area (Å²) in [7, 11) is 0. The third kappa shape index (κ3) is 4.33. The van der Waals surface area contributed by atoms with Crippen molar-refractivity contribution in [2.45, 2.75) is 12.3 Å². The van der Waals surface area contributed by atoms with Crippen LogP contribution in [-0.4, -0.2) is 6.18 Å². The second-order valence-corrected chi connectivity index (χ2v) is 7.07. The molecule has 4 rings (SSSR count). The van der Waals surface area contributed by atoms with E-state index < -0.39 is 57.8 Å². The van der Waals surface area contributed by atoms with Crippen molar-refractivity contribution in [2.75, 3.05) is 0 Å². The minimum atomic E-state index is -5.00. The van der Waals surface area contributed by atoms with Gasteiger partial charge in [0.2, 0.25) is 0 Å². The Morgan fingerprint density at radius 1 is 0.676 bits per heavy atom. The molecule has 0 amide bonds. The summed E-state index contributed by atoms with van der Waals surface area (Å²) < 4.78 is 128. The SMILES string of the molecule is Fc1cc2cc(OC(F)(F)c3c(F)cc4ccccc4c3F)ccc2c(F)c1C#CC(F)(F)F. The summed E-state index contributed by atoms with van der Waals surface area (Å²) in [6.07, 6.45) is -9.52. The summed E-state index contributed by atoms with van der Waals surface area (Å²) in [5.74, 6) is -4.66. The summed E-state index contributed by atoms with van der Waals surface area (Å²) in [6.45, 7) is 0. The van der Waals surface area contributed by atoms with Gasteiger partial charge in [0, 0.05) is 16.7 Å². The molecule has 0 N–H and O–H groups in total. The summed E-state index contributed by atoms with van der Waals surface area (Å²) >= 11 is 0. The van der Waals surface area contributed by atoms with Gasteiger partial charge in [-0.1, -0.05) is 30.2 Å². The number of hydrogen-bond acceptors (Lipinski definition) is 1.